The number of nitrogens with two attached hydrogens (primary N) is 1. The Balaban J connectivity index is 3.56. The van der Waals surface area contributed by atoms with Crippen molar-refractivity contribution < 1.29 is 21.9 Å². The van der Waals surface area contributed by atoms with E-state index in [-0.39, 0.29) is 15.9 Å². The topological polar surface area (TPSA) is 69.4 Å². The van der Waals surface area contributed by atoms with Crippen molar-refractivity contribution in [2.24, 2.45) is 0 Å². The van der Waals surface area contributed by atoms with Gasteiger partial charge in [0.1, 0.15) is 4.90 Å². The van der Waals surface area contributed by atoms with Gasteiger partial charge < -0.3 is 10.5 Å². The molecule has 1 aromatic carbocycles. The van der Waals surface area contributed by atoms with Gasteiger partial charge in [-0.3, -0.25) is 0 Å². The minimum atomic E-state index is -4.73. The van der Waals surface area contributed by atoms with Crippen molar-refractivity contribution in [2.75, 3.05) is 12.8 Å². The largest absolute Gasteiger partial charge is 0.494 e. The van der Waals surface area contributed by atoms with Crippen molar-refractivity contribution in [2.45, 2.75) is 10.7 Å². The van der Waals surface area contributed by atoms with Gasteiger partial charge in [-0.25, -0.2) is 8.42 Å². The zero-order valence-corrected chi connectivity index (χ0v) is 10.5. The van der Waals surface area contributed by atoms with Crippen LogP contribution in [0.3, 0.4) is 0 Å². The van der Waals surface area contributed by atoms with Gasteiger partial charge in [0.25, 0.3) is 0 Å². The van der Waals surface area contributed by atoms with Crippen LogP contribution >= 0.6 is 15.9 Å². The minimum absolute atomic E-state index is 0.0481. The van der Waals surface area contributed by atoms with E-state index in [9.17, 15) is 17.2 Å². The summed E-state index contributed by atoms with van der Waals surface area (Å²) >= 11 is 2.99. The number of anilines is 1. The van der Waals surface area contributed by atoms with E-state index in [0.717, 1.165) is 6.07 Å². The summed E-state index contributed by atoms with van der Waals surface area (Å²) in [6.45, 7) is 0. The van der Waals surface area contributed by atoms with Crippen LogP contribution in [-0.2, 0) is 9.84 Å². The number of hydrogen-bond acceptors (Lipinski definition) is 4. The molecule has 0 radical (unpaired) electrons. The Morgan fingerprint density at radius 1 is 1.44 bits per heavy atom. The van der Waals surface area contributed by atoms with Crippen molar-refractivity contribution >= 4 is 31.5 Å². The molecule has 0 spiro atoms. The molecule has 16 heavy (non-hydrogen) atoms. The molecule has 0 heterocycles. The maximum absolute atomic E-state index is 12.4. The summed E-state index contributed by atoms with van der Waals surface area (Å²) < 4.78 is 52.3. The van der Waals surface area contributed by atoms with E-state index in [1.165, 1.54) is 13.2 Å². The van der Waals surface area contributed by atoms with Crippen molar-refractivity contribution in [3.8, 4) is 5.75 Å². The molecule has 0 aromatic heterocycles. The number of ether oxygens (including phenoxy) is 1. The molecule has 90 valence electrons. The second kappa shape index (κ2) is 4.54. The molecule has 1 rings (SSSR count). The smallest absolute Gasteiger partial charge is 0.341 e. The van der Waals surface area contributed by atoms with Crippen LogP contribution in [0.25, 0.3) is 0 Å². The number of halogens is 3. The molecule has 0 bridgehead atoms. The maximum Gasteiger partial charge on any atom is 0.341 e. The third-order valence-corrected chi connectivity index (χ3v) is 3.75. The van der Waals surface area contributed by atoms with E-state index in [0.29, 0.717) is 0 Å². The van der Waals surface area contributed by atoms with Gasteiger partial charge in [0.05, 0.1) is 11.6 Å². The summed E-state index contributed by atoms with van der Waals surface area (Å²) in [5, 5.41) is 0. The van der Waals surface area contributed by atoms with E-state index in [1.807, 2.05) is 0 Å². The highest BCUT2D eigenvalue weighted by molar-refractivity contribution is 9.10. The van der Waals surface area contributed by atoms with Gasteiger partial charge in [-0.15, -0.1) is 0 Å². The second-order valence-electron chi connectivity index (χ2n) is 2.84. The maximum atomic E-state index is 12.4. The Kier molecular flexibility index (Phi) is 3.74. The summed E-state index contributed by atoms with van der Waals surface area (Å²) in [5.41, 5.74) is 5.43. The molecular formula is C8H8BrF2NO3S. The fourth-order valence-corrected chi connectivity index (χ4v) is 2.81. The normalized spacial score (nSPS) is 11.8. The molecule has 0 saturated carbocycles. The fraction of sp³-hybridized carbons (Fsp3) is 0.250. The lowest BCUT2D eigenvalue weighted by molar-refractivity contribution is 0.234. The highest BCUT2D eigenvalue weighted by atomic mass is 79.9. The Morgan fingerprint density at radius 3 is 2.44 bits per heavy atom. The Hall–Kier alpha value is -0.890. The van der Waals surface area contributed by atoms with E-state index in [1.54, 1.807) is 0 Å². The summed E-state index contributed by atoms with van der Waals surface area (Å²) in [6, 6.07) is 2.30. The first-order valence-corrected chi connectivity index (χ1v) is 6.29. The second-order valence-corrected chi connectivity index (χ2v) is 5.58. The highest BCUT2D eigenvalue weighted by Gasteiger charge is 2.31. The highest BCUT2D eigenvalue weighted by Crippen LogP contribution is 2.36. The SMILES string of the molecule is COc1c(Br)cc(N)cc1S(=O)(=O)C(F)F. The average Bonchev–Trinajstić information content (AvgIpc) is 2.16. The van der Waals surface area contributed by atoms with Crippen LogP contribution in [0.5, 0.6) is 5.75 Å². The van der Waals surface area contributed by atoms with E-state index in [4.69, 9.17) is 10.5 Å². The molecule has 0 fully saturated rings. The van der Waals surface area contributed by atoms with Gasteiger partial charge >= 0.3 is 5.76 Å². The molecular weight excluding hydrogens is 308 g/mol. The molecule has 0 unspecified atom stereocenters. The number of methoxy groups -OCH3 is 1. The third kappa shape index (κ3) is 2.27. The van der Waals surface area contributed by atoms with Crippen LogP contribution in [0.1, 0.15) is 0 Å². The molecule has 8 heteroatoms. The van der Waals surface area contributed by atoms with Crippen LogP contribution in [0, 0.1) is 0 Å². The summed E-state index contributed by atoms with van der Waals surface area (Å²) in [4.78, 5) is -0.628. The van der Waals surface area contributed by atoms with E-state index >= 15 is 0 Å². The lowest BCUT2D eigenvalue weighted by Crippen LogP contribution is -2.13. The van der Waals surface area contributed by atoms with Gasteiger partial charge in [-0.1, -0.05) is 0 Å². The predicted octanol–water partition coefficient (Wildman–Crippen LogP) is 2.04. The Morgan fingerprint density at radius 2 is 2.00 bits per heavy atom. The first kappa shape index (κ1) is 13.2. The van der Waals surface area contributed by atoms with Gasteiger partial charge in [0.15, 0.2) is 5.75 Å². The number of hydrogen-bond donors (Lipinski definition) is 1. The third-order valence-electron chi connectivity index (χ3n) is 1.78. The van der Waals surface area contributed by atoms with Gasteiger partial charge in [-0.05, 0) is 28.1 Å². The number of benzene rings is 1. The molecule has 0 saturated heterocycles. The number of nitrogen functional groups attached to an aromatic ring is 1. The summed E-state index contributed by atoms with van der Waals surface area (Å²) in [6.07, 6.45) is 0. The number of rotatable bonds is 3. The van der Waals surface area contributed by atoms with Crippen LogP contribution < -0.4 is 10.5 Å². The zero-order chi connectivity index (χ0) is 12.5. The minimum Gasteiger partial charge on any atom is -0.494 e. The Bertz CT molecular complexity index is 504. The molecule has 0 aliphatic rings. The van der Waals surface area contributed by atoms with Crippen LogP contribution in [0.4, 0.5) is 14.5 Å². The average molecular weight is 316 g/mol. The summed E-state index contributed by atoms with van der Waals surface area (Å²) in [7, 11) is -3.55. The fourth-order valence-electron chi connectivity index (χ4n) is 1.09. The molecule has 0 aliphatic heterocycles. The lowest BCUT2D eigenvalue weighted by atomic mass is 10.3. The molecule has 0 aliphatic carbocycles. The van der Waals surface area contributed by atoms with Gasteiger partial charge in [0.2, 0.25) is 9.84 Å². The molecule has 2 N–H and O–H groups in total. The van der Waals surface area contributed by atoms with E-state index < -0.39 is 20.5 Å². The van der Waals surface area contributed by atoms with Crippen LogP contribution in [-0.4, -0.2) is 21.3 Å². The molecule has 1 aromatic rings. The predicted molar refractivity (Wildman–Crippen MR) is 58.3 cm³/mol. The van der Waals surface area contributed by atoms with Crippen molar-refractivity contribution in [3.05, 3.63) is 16.6 Å². The first-order chi connectivity index (χ1) is 7.30. The Labute approximate surface area is 99.4 Å². The lowest BCUT2D eigenvalue weighted by Gasteiger charge is -2.11. The molecule has 0 atom stereocenters. The standard InChI is InChI=1S/C8H8BrF2NO3S/c1-15-7-5(9)2-4(12)3-6(7)16(13,14)8(10)11/h2-3,8H,12H2,1H3. The van der Waals surface area contributed by atoms with Crippen molar-refractivity contribution in [3.63, 3.8) is 0 Å². The number of alkyl halides is 2. The monoisotopic (exact) mass is 315 g/mol. The van der Waals surface area contributed by atoms with Gasteiger partial charge in [0, 0.05) is 5.69 Å². The molecule has 4 nitrogen and oxygen atoms in total. The quantitative estimate of drug-likeness (QED) is 0.867. The van der Waals surface area contributed by atoms with E-state index in [2.05, 4.69) is 15.9 Å². The van der Waals surface area contributed by atoms with Crippen molar-refractivity contribution in [1.29, 1.82) is 0 Å². The molecule has 0 amide bonds. The first-order valence-electron chi connectivity index (χ1n) is 3.95. The zero-order valence-electron chi connectivity index (χ0n) is 8.08. The number of sulfone groups is 1. The van der Waals surface area contributed by atoms with Crippen LogP contribution in [0.2, 0.25) is 0 Å². The summed E-state index contributed by atoms with van der Waals surface area (Å²) in [5.74, 6) is -3.70. The van der Waals surface area contributed by atoms with Crippen molar-refractivity contribution in [1.82, 2.24) is 0 Å². The van der Waals surface area contributed by atoms with Crippen LogP contribution in [0.15, 0.2) is 21.5 Å². The van der Waals surface area contributed by atoms with Gasteiger partial charge in [-0.2, -0.15) is 8.78 Å².